The Morgan fingerprint density at radius 2 is 2.12 bits per heavy atom. The lowest BCUT2D eigenvalue weighted by Gasteiger charge is -2.21. The van der Waals surface area contributed by atoms with Gasteiger partial charge in [-0.25, -0.2) is 4.98 Å². The molecule has 1 atom stereocenters. The summed E-state index contributed by atoms with van der Waals surface area (Å²) in [5.41, 5.74) is 2.63. The predicted octanol–water partition coefficient (Wildman–Crippen LogP) is 5.40. The molecule has 3 aromatic rings. The zero-order valence-corrected chi connectivity index (χ0v) is 15.6. The molecule has 1 amide bonds. The molecule has 0 fully saturated rings. The fourth-order valence-electron chi connectivity index (χ4n) is 2.73. The van der Waals surface area contributed by atoms with E-state index in [0.717, 1.165) is 29.2 Å². The number of para-hydroxylation sites is 1. The van der Waals surface area contributed by atoms with Crippen LogP contribution < -0.4 is 4.90 Å². The number of thiophene rings is 1. The number of hydrogen-bond acceptors (Lipinski definition) is 5. The molecule has 6 heteroatoms. The Labute approximate surface area is 153 Å². The average Bonchev–Trinajstić information content (AvgIpc) is 3.24. The van der Waals surface area contributed by atoms with Crippen LogP contribution in [0.15, 0.2) is 51.4 Å². The summed E-state index contributed by atoms with van der Waals surface area (Å²) in [5.74, 6) is -0.00474. The number of fused-ring (bicyclic) bond motifs is 1. The highest BCUT2D eigenvalue weighted by Crippen LogP contribution is 2.38. The SMILES string of the molecule is C[C@H]1CCN(C(=O)c2csc(-c3ccsc3)n2)c2ccccc2S1. The number of rotatable bonds is 2. The van der Waals surface area contributed by atoms with Gasteiger partial charge in [0.25, 0.3) is 5.91 Å². The molecule has 24 heavy (non-hydrogen) atoms. The molecule has 0 unspecified atom stereocenters. The third-order valence-electron chi connectivity index (χ3n) is 3.98. The fourth-order valence-corrected chi connectivity index (χ4v) is 5.35. The van der Waals surface area contributed by atoms with Crippen molar-refractivity contribution in [3.63, 3.8) is 0 Å². The van der Waals surface area contributed by atoms with Crippen LogP contribution in [0.25, 0.3) is 10.6 Å². The minimum atomic E-state index is -0.00474. The van der Waals surface area contributed by atoms with Crippen LogP contribution in [0, 0.1) is 0 Å². The third kappa shape index (κ3) is 3.01. The highest BCUT2D eigenvalue weighted by molar-refractivity contribution is 8.00. The smallest absolute Gasteiger partial charge is 0.277 e. The standard InChI is InChI=1S/C18H16N2OS3/c1-12-6-8-20(15-4-2-3-5-16(15)24-12)18(21)14-11-23-17(19-14)13-7-9-22-10-13/h2-5,7,9-12H,6,8H2,1H3/t12-/m0/s1. The first-order chi connectivity index (χ1) is 11.7. The van der Waals surface area contributed by atoms with Gasteiger partial charge in [-0.2, -0.15) is 11.3 Å². The Kier molecular flexibility index (Phi) is 4.43. The first-order valence-electron chi connectivity index (χ1n) is 7.78. The van der Waals surface area contributed by atoms with E-state index in [-0.39, 0.29) is 5.91 Å². The number of thioether (sulfide) groups is 1. The van der Waals surface area contributed by atoms with E-state index in [2.05, 4.69) is 23.4 Å². The van der Waals surface area contributed by atoms with Gasteiger partial charge in [0.15, 0.2) is 0 Å². The number of hydrogen-bond donors (Lipinski definition) is 0. The Morgan fingerprint density at radius 1 is 1.25 bits per heavy atom. The van der Waals surface area contributed by atoms with Crippen LogP contribution in [0.2, 0.25) is 0 Å². The summed E-state index contributed by atoms with van der Waals surface area (Å²) in [4.78, 5) is 20.7. The molecule has 1 aliphatic rings. The Hall–Kier alpha value is -1.63. The lowest BCUT2D eigenvalue weighted by atomic mass is 10.2. The second kappa shape index (κ2) is 6.70. The number of carbonyl (C=O) groups is 1. The molecule has 2 aromatic heterocycles. The molecular formula is C18H16N2OS3. The van der Waals surface area contributed by atoms with E-state index in [1.165, 1.54) is 16.2 Å². The predicted molar refractivity (Wildman–Crippen MR) is 103 cm³/mol. The van der Waals surface area contributed by atoms with Crippen molar-refractivity contribution in [2.24, 2.45) is 0 Å². The molecule has 0 saturated heterocycles. The maximum atomic E-state index is 13.1. The number of aromatic nitrogens is 1. The van der Waals surface area contributed by atoms with Crippen molar-refractivity contribution in [1.29, 1.82) is 0 Å². The molecule has 1 aliphatic heterocycles. The number of amides is 1. The highest BCUT2D eigenvalue weighted by atomic mass is 32.2. The zero-order chi connectivity index (χ0) is 16.5. The van der Waals surface area contributed by atoms with Crippen molar-refractivity contribution in [3.8, 4) is 10.6 Å². The number of carbonyl (C=O) groups excluding carboxylic acids is 1. The van der Waals surface area contributed by atoms with Gasteiger partial charge in [-0.3, -0.25) is 4.79 Å². The van der Waals surface area contributed by atoms with Crippen LogP contribution in [-0.4, -0.2) is 22.7 Å². The largest absolute Gasteiger partial charge is 0.306 e. The first kappa shape index (κ1) is 15.9. The molecule has 4 rings (SSSR count). The second-order valence-corrected chi connectivity index (χ2v) is 8.81. The van der Waals surface area contributed by atoms with E-state index >= 15 is 0 Å². The summed E-state index contributed by atoms with van der Waals surface area (Å²) in [5, 5.41) is 7.37. The lowest BCUT2D eigenvalue weighted by molar-refractivity contribution is 0.0982. The van der Waals surface area contributed by atoms with Crippen LogP contribution in [-0.2, 0) is 0 Å². The Morgan fingerprint density at radius 3 is 2.96 bits per heavy atom. The first-order valence-corrected chi connectivity index (χ1v) is 10.5. The number of nitrogens with zero attached hydrogens (tertiary/aromatic N) is 2. The summed E-state index contributed by atoms with van der Waals surface area (Å²) >= 11 is 5.01. The van der Waals surface area contributed by atoms with Crippen LogP contribution in [0.5, 0.6) is 0 Å². The number of thiazole rings is 1. The average molecular weight is 373 g/mol. The topological polar surface area (TPSA) is 33.2 Å². The molecule has 122 valence electrons. The van der Waals surface area contributed by atoms with Crippen molar-refractivity contribution < 1.29 is 4.79 Å². The van der Waals surface area contributed by atoms with Gasteiger partial charge in [0.1, 0.15) is 10.7 Å². The zero-order valence-electron chi connectivity index (χ0n) is 13.1. The van der Waals surface area contributed by atoms with Gasteiger partial charge in [0, 0.05) is 33.0 Å². The van der Waals surface area contributed by atoms with Gasteiger partial charge in [-0.05, 0) is 30.0 Å². The summed E-state index contributed by atoms with van der Waals surface area (Å²) in [7, 11) is 0. The lowest BCUT2D eigenvalue weighted by Crippen LogP contribution is -2.32. The maximum Gasteiger partial charge on any atom is 0.277 e. The highest BCUT2D eigenvalue weighted by Gasteiger charge is 2.26. The Bertz CT molecular complexity index is 857. The minimum absolute atomic E-state index is 0.00474. The maximum absolute atomic E-state index is 13.1. The normalized spacial score (nSPS) is 17.4. The molecule has 3 heterocycles. The van der Waals surface area contributed by atoms with Gasteiger partial charge in [-0.15, -0.1) is 23.1 Å². The van der Waals surface area contributed by atoms with Crippen molar-refractivity contribution in [2.45, 2.75) is 23.5 Å². The van der Waals surface area contributed by atoms with E-state index in [0.29, 0.717) is 10.9 Å². The molecule has 0 N–H and O–H groups in total. The summed E-state index contributed by atoms with van der Waals surface area (Å²) < 4.78 is 0. The molecule has 1 aromatic carbocycles. The second-order valence-electron chi connectivity index (χ2n) is 5.69. The van der Waals surface area contributed by atoms with Crippen molar-refractivity contribution >= 4 is 46.0 Å². The van der Waals surface area contributed by atoms with E-state index in [1.807, 2.05) is 51.7 Å². The summed E-state index contributed by atoms with van der Waals surface area (Å²) in [6.07, 6.45) is 0.979. The molecular weight excluding hydrogens is 356 g/mol. The molecule has 0 saturated carbocycles. The van der Waals surface area contributed by atoms with Crippen LogP contribution >= 0.6 is 34.4 Å². The molecule has 0 spiro atoms. The van der Waals surface area contributed by atoms with Crippen LogP contribution in [0.3, 0.4) is 0 Å². The van der Waals surface area contributed by atoms with Crippen LogP contribution in [0.4, 0.5) is 5.69 Å². The number of benzene rings is 1. The fraction of sp³-hybridized carbons (Fsp3) is 0.222. The molecule has 0 aliphatic carbocycles. The van der Waals surface area contributed by atoms with Gasteiger partial charge < -0.3 is 4.90 Å². The number of anilines is 1. The van der Waals surface area contributed by atoms with Gasteiger partial charge >= 0.3 is 0 Å². The van der Waals surface area contributed by atoms with Crippen molar-refractivity contribution in [1.82, 2.24) is 4.98 Å². The summed E-state index contributed by atoms with van der Waals surface area (Å²) in [6.45, 7) is 2.95. The molecule has 3 nitrogen and oxygen atoms in total. The van der Waals surface area contributed by atoms with E-state index in [1.54, 1.807) is 11.3 Å². The van der Waals surface area contributed by atoms with Crippen molar-refractivity contribution in [2.75, 3.05) is 11.4 Å². The summed E-state index contributed by atoms with van der Waals surface area (Å²) in [6, 6.07) is 10.2. The van der Waals surface area contributed by atoms with Gasteiger partial charge in [0.05, 0.1) is 5.69 Å². The minimum Gasteiger partial charge on any atom is -0.306 e. The monoisotopic (exact) mass is 372 g/mol. The van der Waals surface area contributed by atoms with Gasteiger partial charge in [-0.1, -0.05) is 19.1 Å². The quantitative estimate of drug-likeness (QED) is 0.603. The molecule has 0 bridgehead atoms. The Balaban J connectivity index is 1.67. The third-order valence-corrected chi connectivity index (χ3v) is 6.79. The van der Waals surface area contributed by atoms with Gasteiger partial charge in [0.2, 0.25) is 0 Å². The van der Waals surface area contributed by atoms with E-state index in [4.69, 9.17) is 0 Å². The van der Waals surface area contributed by atoms with E-state index in [9.17, 15) is 4.79 Å². The van der Waals surface area contributed by atoms with Crippen LogP contribution in [0.1, 0.15) is 23.8 Å². The molecule has 0 radical (unpaired) electrons. The van der Waals surface area contributed by atoms with Crippen molar-refractivity contribution in [3.05, 3.63) is 52.2 Å². The van der Waals surface area contributed by atoms with E-state index < -0.39 is 0 Å².